The molecule has 7 heteroatoms. The average molecular weight is 550 g/mol. The maximum atomic E-state index is 14.3. The van der Waals surface area contributed by atoms with Gasteiger partial charge in [-0.2, -0.15) is 0 Å². The van der Waals surface area contributed by atoms with Gasteiger partial charge in [0.25, 0.3) is 0 Å². The number of quaternary nitrogens is 1. The summed E-state index contributed by atoms with van der Waals surface area (Å²) in [4.78, 5) is 26.7. The van der Waals surface area contributed by atoms with Gasteiger partial charge in [0, 0.05) is 45.1 Å². The number of carbonyl (C=O) groups excluding carboxylic acids is 2. The van der Waals surface area contributed by atoms with Crippen LogP contribution in [0.25, 0.3) is 0 Å². The topological polar surface area (TPSA) is 73.9 Å². The first-order valence-electron chi connectivity index (χ1n) is 15.3. The Bertz CT molecular complexity index is 1050. The lowest BCUT2D eigenvalue weighted by molar-refractivity contribution is -0.956. The summed E-state index contributed by atoms with van der Waals surface area (Å²) >= 11 is 0. The van der Waals surface area contributed by atoms with E-state index in [1.807, 2.05) is 60.7 Å². The van der Waals surface area contributed by atoms with Crippen LogP contribution < -0.4 is 5.32 Å². The summed E-state index contributed by atoms with van der Waals surface area (Å²) in [6.07, 6.45) is 10.4. The first kappa shape index (κ1) is 28.6. The summed E-state index contributed by atoms with van der Waals surface area (Å²) < 4.78 is 19.4. The van der Waals surface area contributed by atoms with Crippen LogP contribution in [0.3, 0.4) is 0 Å². The van der Waals surface area contributed by atoms with Gasteiger partial charge in [0.1, 0.15) is 6.10 Å². The second kappa shape index (κ2) is 13.2. The molecule has 1 N–H and O–H groups in total. The molecule has 0 aliphatic carbocycles. The van der Waals surface area contributed by atoms with E-state index in [-0.39, 0.29) is 12.9 Å². The molecule has 1 spiro atoms. The maximum absolute atomic E-state index is 14.3. The lowest BCUT2D eigenvalue weighted by Crippen LogP contribution is -2.60. The SMILES string of the molecule is CCCCCCNC(=O)OCOC(C(=O)OC1CC2CCC(C1)[N+]21CCCC1)(c1ccccc1)c1ccccc1. The van der Waals surface area contributed by atoms with E-state index >= 15 is 0 Å². The van der Waals surface area contributed by atoms with Crippen molar-refractivity contribution in [2.45, 2.75) is 94.9 Å². The number of esters is 1. The van der Waals surface area contributed by atoms with Crippen LogP contribution in [0, 0.1) is 0 Å². The van der Waals surface area contributed by atoms with Crippen LogP contribution in [0.1, 0.15) is 82.3 Å². The lowest BCUT2D eigenvalue weighted by atomic mass is 9.85. The summed E-state index contributed by atoms with van der Waals surface area (Å²) in [7, 11) is 0. The highest BCUT2D eigenvalue weighted by molar-refractivity contribution is 5.86. The molecule has 0 radical (unpaired) electrons. The van der Waals surface area contributed by atoms with Crippen LogP contribution in [-0.4, -0.2) is 61.2 Å². The van der Waals surface area contributed by atoms with Gasteiger partial charge in [0.2, 0.25) is 5.60 Å². The van der Waals surface area contributed by atoms with Crippen LogP contribution in [-0.2, 0) is 24.6 Å². The van der Waals surface area contributed by atoms with Crippen molar-refractivity contribution in [1.29, 1.82) is 0 Å². The largest absolute Gasteiger partial charge is 0.459 e. The Morgan fingerprint density at radius 3 is 2.05 bits per heavy atom. The Labute approximate surface area is 238 Å². The van der Waals surface area contributed by atoms with Crippen molar-refractivity contribution < 1.29 is 28.3 Å². The molecule has 2 aromatic rings. The zero-order valence-electron chi connectivity index (χ0n) is 23.9. The number of amides is 1. The minimum atomic E-state index is -1.56. The minimum Gasteiger partial charge on any atom is -0.459 e. The highest BCUT2D eigenvalue weighted by atomic mass is 16.7. The second-order valence-corrected chi connectivity index (χ2v) is 11.7. The van der Waals surface area contributed by atoms with Crippen LogP contribution in [0.2, 0.25) is 0 Å². The van der Waals surface area contributed by atoms with Gasteiger partial charge in [0.05, 0.1) is 25.2 Å². The Morgan fingerprint density at radius 1 is 0.875 bits per heavy atom. The molecule has 3 fully saturated rings. The molecular formula is C33H45N2O5+. The fourth-order valence-corrected chi connectivity index (χ4v) is 7.48. The molecule has 40 heavy (non-hydrogen) atoms. The molecule has 1 amide bonds. The number of benzene rings is 2. The van der Waals surface area contributed by atoms with Crippen LogP contribution >= 0.6 is 0 Å². The van der Waals surface area contributed by atoms with E-state index in [0.717, 1.165) is 38.5 Å². The van der Waals surface area contributed by atoms with Crippen molar-refractivity contribution in [2.75, 3.05) is 26.4 Å². The normalized spacial score (nSPS) is 23.2. The molecule has 3 aliphatic heterocycles. The molecule has 2 bridgehead atoms. The van der Waals surface area contributed by atoms with E-state index in [0.29, 0.717) is 29.8 Å². The summed E-state index contributed by atoms with van der Waals surface area (Å²) in [5.41, 5.74) is -0.256. The highest BCUT2D eigenvalue weighted by Gasteiger charge is 2.57. The molecule has 2 atom stereocenters. The first-order valence-corrected chi connectivity index (χ1v) is 15.3. The number of alkyl carbamates (subject to hydrolysis) is 1. The summed E-state index contributed by atoms with van der Waals surface area (Å²) in [6.45, 7) is 4.87. The van der Waals surface area contributed by atoms with Crippen LogP contribution in [0.5, 0.6) is 0 Å². The Kier molecular flexibility index (Phi) is 9.43. The molecule has 7 nitrogen and oxygen atoms in total. The van der Waals surface area contributed by atoms with Gasteiger partial charge in [-0.05, 0) is 17.5 Å². The maximum Gasteiger partial charge on any atom is 0.409 e. The summed E-state index contributed by atoms with van der Waals surface area (Å²) in [5, 5.41) is 2.78. The van der Waals surface area contributed by atoms with Crippen molar-refractivity contribution in [3.05, 3.63) is 71.8 Å². The Balaban J connectivity index is 1.33. The lowest BCUT2D eigenvalue weighted by Gasteiger charge is -2.47. The number of nitrogens with zero attached hydrogens (tertiary/aromatic N) is 1. The van der Waals surface area contributed by atoms with E-state index < -0.39 is 17.7 Å². The van der Waals surface area contributed by atoms with Gasteiger partial charge in [-0.3, -0.25) is 0 Å². The van der Waals surface area contributed by atoms with Gasteiger partial charge in [-0.25, -0.2) is 9.59 Å². The zero-order valence-corrected chi connectivity index (χ0v) is 23.9. The van der Waals surface area contributed by atoms with Gasteiger partial charge >= 0.3 is 12.1 Å². The van der Waals surface area contributed by atoms with Gasteiger partial charge in [-0.15, -0.1) is 0 Å². The molecule has 5 rings (SSSR count). The standard InChI is InChI=1S/C33H44N2O5/c1-2-3-4-11-20-34-32(37)38-25-39-33(26-14-7-5-8-15-26,27-16-9-6-10-17-27)31(36)40-30-23-28-18-19-29(24-30)35(28)21-12-13-22-35/h5-10,14-17,28-30H,2-4,11-13,18-25H2,1H3/p+1. The zero-order chi connectivity index (χ0) is 27.8. The summed E-state index contributed by atoms with van der Waals surface area (Å²) in [6, 6.07) is 20.0. The molecule has 3 aliphatic rings. The monoisotopic (exact) mass is 549 g/mol. The van der Waals surface area contributed by atoms with Crippen molar-refractivity contribution in [2.24, 2.45) is 0 Å². The Morgan fingerprint density at radius 2 is 1.48 bits per heavy atom. The van der Waals surface area contributed by atoms with Crippen LogP contribution in [0.15, 0.2) is 60.7 Å². The molecular weight excluding hydrogens is 504 g/mol. The van der Waals surface area contributed by atoms with Gasteiger partial charge in [0.15, 0.2) is 6.79 Å². The van der Waals surface area contributed by atoms with E-state index in [4.69, 9.17) is 14.2 Å². The summed E-state index contributed by atoms with van der Waals surface area (Å²) in [5.74, 6) is -0.451. The van der Waals surface area contributed by atoms with Crippen LogP contribution in [0.4, 0.5) is 4.79 Å². The third-order valence-electron chi connectivity index (χ3n) is 9.44. The van der Waals surface area contributed by atoms with E-state index in [9.17, 15) is 9.59 Å². The number of unbranched alkanes of at least 4 members (excludes halogenated alkanes) is 3. The number of carbonyl (C=O) groups is 2. The Hall–Kier alpha value is -2.90. The van der Waals surface area contributed by atoms with Crippen molar-refractivity contribution in [3.8, 4) is 0 Å². The van der Waals surface area contributed by atoms with Gasteiger partial charge in [-0.1, -0.05) is 86.8 Å². The molecule has 2 unspecified atom stereocenters. The fraction of sp³-hybridized carbons (Fsp3) is 0.576. The first-order chi connectivity index (χ1) is 19.6. The smallest absolute Gasteiger partial charge is 0.409 e. The third kappa shape index (κ3) is 5.91. The molecule has 216 valence electrons. The predicted molar refractivity (Wildman–Crippen MR) is 153 cm³/mol. The number of piperidine rings is 1. The fourth-order valence-electron chi connectivity index (χ4n) is 7.48. The van der Waals surface area contributed by atoms with Crippen molar-refractivity contribution >= 4 is 12.1 Å². The van der Waals surface area contributed by atoms with Gasteiger partial charge < -0.3 is 24.0 Å². The molecule has 3 heterocycles. The van der Waals surface area contributed by atoms with Crippen molar-refractivity contribution in [3.63, 3.8) is 0 Å². The molecule has 0 saturated carbocycles. The molecule has 3 saturated heterocycles. The number of hydrogen-bond donors (Lipinski definition) is 1. The minimum absolute atomic E-state index is 0.142. The number of hydrogen-bond acceptors (Lipinski definition) is 5. The number of nitrogens with one attached hydrogen (secondary N) is 1. The second-order valence-electron chi connectivity index (χ2n) is 11.7. The number of ether oxygens (including phenoxy) is 3. The van der Waals surface area contributed by atoms with E-state index in [2.05, 4.69) is 12.2 Å². The van der Waals surface area contributed by atoms with E-state index in [1.165, 1.54) is 43.3 Å². The average Bonchev–Trinajstić information content (AvgIpc) is 3.52. The quantitative estimate of drug-likeness (QED) is 0.151. The number of rotatable bonds is 12. The van der Waals surface area contributed by atoms with E-state index in [1.54, 1.807) is 0 Å². The third-order valence-corrected chi connectivity index (χ3v) is 9.44. The predicted octanol–water partition coefficient (Wildman–Crippen LogP) is 6.06. The van der Waals surface area contributed by atoms with Crippen molar-refractivity contribution in [1.82, 2.24) is 5.32 Å². The molecule has 2 aromatic carbocycles. The highest BCUT2D eigenvalue weighted by Crippen LogP contribution is 2.47. The molecule has 0 aromatic heterocycles.